The first kappa shape index (κ1) is 31.3. The number of fused-ring (bicyclic) bond motifs is 2. The number of nitrogens with one attached hydrogen (secondary N) is 1. The van der Waals surface area contributed by atoms with Crippen LogP contribution in [-0.4, -0.2) is 70.6 Å². The summed E-state index contributed by atoms with van der Waals surface area (Å²) in [5, 5.41) is 9.27. The molecule has 6 rings (SSSR count). The Bertz CT molecular complexity index is 1830. The predicted octanol–water partition coefficient (Wildman–Crippen LogP) is 4.32. The van der Waals surface area contributed by atoms with Crippen LogP contribution in [0.15, 0.2) is 42.6 Å². The van der Waals surface area contributed by atoms with Crippen molar-refractivity contribution < 1.29 is 14.4 Å². The van der Waals surface area contributed by atoms with Gasteiger partial charge >= 0.3 is 0 Å². The van der Waals surface area contributed by atoms with Crippen molar-refractivity contribution >= 4 is 69.4 Å². The minimum Gasteiger partial charge on any atom is -0.371 e. The third-order valence-electron chi connectivity index (χ3n) is 9.29. The molecule has 2 aromatic heterocycles. The van der Waals surface area contributed by atoms with E-state index in [1.165, 1.54) is 0 Å². The van der Waals surface area contributed by atoms with Crippen molar-refractivity contribution in [2.75, 3.05) is 40.7 Å². The summed E-state index contributed by atoms with van der Waals surface area (Å²) in [4.78, 5) is 50.8. The van der Waals surface area contributed by atoms with Crippen molar-refractivity contribution in [3.8, 4) is 0 Å². The number of hydrogen-bond acceptors (Lipinski definition) is 9. The second-order valence-corrected chi connectivity index (χ2v) is 12.7. The van der Waals surface area contributed by atoms with Crippen LogP contribution in [0.2, 0.25) is 5.02 Å². The summed E-state index contributed by atoms with van der Waals surface area (Å²) in [5.74, 6) is 0.286. The number of hydrogen-bond donors (Lipinski definition) is 2. The number of nitrogens with zero attached hydrogens (tertiary/aromatic N) is 7. The van der Waals surface area contributed by atoms with Gasteiger partial charge in [0.05, 0.1) is 29.7 Å². The minimum absolute atomic E-state index is 0.0747. The van der Waals surface area contributed by atoms with Gasteiger partial charge in [0.15, 0.2) is 5.82 Å². The monoisotopic (exact) mass is 643 g/mol. The molecule has 12 nitrogen and oxygen atoms in total. The third-order valence-corrected chi connectivity index (χ3v) is 9.57. The highest BCUT2D eigenvalue weighted by atomic mass is 35.5. The number of nitrogens with two attached hydrogens (primary N) is 1. The second kappa shape index (κ2) is 12.6. The number of aryl methyl sites for hydroxylation is 1. The Kier molecular flexibility index (Phi) is 8.56. The first-order valence-corrected chi connectivity index (χ1v) is 15.8. The van der Waals surface area contributed by atoms with Crippen LogP contribution in [0.1, 0.15) is 49.8 Å². The number of benzene rings is 2. The molecule has 0 unspecified atom stereocenters. The van der Waals surface area contributed by atoms with E-state index in [0.29, 0.717) is 35.3 Å². The van der Waals surface area contributed by atoms with Gasteiger partial charge in [-0.1, -0.05) is 11.6 Å². The predicted molar refractivity (Wildman–Crippen MR) is 180 cm³/mol. The van der Waals surface area contributed by atoms with Gasteiger partial charge in [-0.25, -0.2) is 4.98 Å². The number of likely N-dealkylation sites (N-methyl/N-ethyl adjacent to an activating group) is 1. The molecule has 3 N–H and O–H groups in total. The third kappa shape index (κ3) is 5.96. The molecule has 46 heavy (non-hydrogen) atoms. The molecule has 0 radical (unpaired) electrons. The molecule has 240 valence electrons. The van der Waals surface area contributed by atoms with Gasteiger partial charge in [0.2, 0.25) is 17.8 Å². The lowest BCUT2D eigenvalue weighted by Crippen LogP contribution is -2.48. The first-order valence-electron chi connectivity index (χ1n) is 15.4. The van der Waals surface area contributed by atoms with Crippen molar-refractivity contribution in [1.82, 2.24) is 19.7 Å². The number of amides is 2. The van der Waals surface area contributed by atoms with Crippen molar-refractivity contribution in [3.63, 3.8) is 0 Å². The first-order chi connectivity index (χ1) is 22.0. The quantitative estimate of drug-likeness (QED) is 0.242. The largest absolute Gasteiger partial charge is 0.371 e. The fourth-order valence-electron chi connectivity index (χ4n) is 6.61. The van der Waals surface area contributed by atoms with Gasteiger partial charge < -0.3 is 30.5 Å². The van der Waals surface area contributed by atoms with Crippen LogP contribution in [-0.2, 0) is 27.9 Å². The Morgan fingerprint density at radius 3 is 2.78 bits per heavy atom. The molecule has 3 atom stereocenters. The van der Waals surface area contributed by atoms with Crippen LogP contribution in [0.3, 0.4) is 0 Å². The molecule has 13 heteroatoms. The molecule has 4 aromatic rings. The smallest absolute Gasteiger partial charge is 0.231 e. The van der Waals surface area contributed by atoms with Crippen molar-refractivity contribution in [2.45, 2.75) is 57.0 Å². The van der Waals surface area contributed by atoms with Crippen molar-refractivity contribution in [3.05, 3.63) is 58.9 Å². The lowest BCUT2D eigenvalue weighted by atomic mass is 9.96. The van der Waals surface area contributed by atoms with E-state index >= 15 is 0 Å². The maximum Gasteiger partial charge on any atom is 0.231 e. The van der Waals surface area contributed by atoms with Gasteiger partial charge in [-0.2, -0.15) is 10.1 Å². The summed E-state index contributed by atoms with van der Waals surface area (Å²) in [6, 6.07) is 12.4. The molecule has 2 amide bonds. The maximum absolute atomic E-state index is 12.1. The van der Waals surface area contributed by atoms with Gasteiger partial charge in [-0.05, 0) is 68.1 Å². The lowest BCUT2D eigenvalue weighted by Gasteiger charge is -2.42. The fourth-order valence-corrected chi connectivity index (χ4v) is 6.75. The molecule has 2 aliphatic heterocycles. The summed E-state index contributed by atoms with van der Waals surface area (Å²) >= 11 is 6.51. The van der Waals surface area contributed by atoms with E-state index < -0.39 is 11.8 Å². The number of aldehydes is 1. The SMILES string of the molecule is C[C@H]1C[C@H](N(C)c2ccc3c([C@@H](C=O)CCC(N)=O)nn(C)c3c2)CCN1c1ncc(Cl)c(Nc2ccc3c(c2)CC(=O)N3C)n1. The summed E-state index contributed by atoms with van der Waals surface area (Å²) in [6.07, 6.45) is 5.12. The molecular weight excluding hydrogens is 606 g/mol. The standard InChI is InChI=1S/C33H38ClN9O3/c1-19-13-24(40(2)23-7-8-25-28(16-23)42(4)39-31(25)20(18-44)5-10-29(35)45)11-12-43(19)33-36-17-26(34)32(38-33)37-22-6-9-27-21(14-22)15-30(46)41(27)3/h6-9,14,16-20,24H,5,10-13,15H2,1-4H3,(H2,35,45)(H,36,37,38)/t19-,20+,24+/m0/s1. The van der Waals surface area contributed by atoms with Gasteiger partial charge in [-0.15, -0.1) is 0 Å². The van der Waals surface area contributed by atoms with Crippen molar-refractivity contribution in [1.29, 1.82) is 0 Å². The van der Waals surface area contributed by atoms with Crippen molar-refractivity contribution in [2.24, 2.45) is 12.8 Å². The highest BCUT2D eigenvalue weighted by Gasteiger charge is 2.31. The van der Waals surface area contributed by atoms with Crippen LogP contribution in [0.5, 0.6) is 0 Å². The fraction of sp³-hybridized carbons (Fsp3) is 0.394. The van der Waals surface area contributed by atoms with Gasteiger partial charge in [0, 0.05) is 68.6 Å². The highest BCUT2D eigenvalue weighted by molar-refractivity contribution is 6.32. The van der Waals surface area contributed by atoms with E-state index in [9.17, 15) is 14.4 Å². The highest BCUT2D eigenvalue weighted by Crippen LogP contribution is 2.35. The summed E-state index contributed by atoms with van der Waals surface area (Å²) < 4.78 is 1.79. The Morgan fingerprint density at radius 2 is 2.04 bits per heavy atom. The lowest BCUT2D eigenvalue weighted by molar-refractivity contribution is -0.118. The molecule has 0 aliphatic carbocycles. The summed E-state index contributed by atoms with van der Waals surface area (Å²) in [7, 11) is 5.76. The Hall–Kier alpha value is -4.71. The van der Waals surface area contributed by atoms with Crippen LogP contribution in [0.25, 0.3) is 10.9 Å². The molecule has 1 saturated heterocycles. The number of aromatic nitrogens is 4. The van der Waals surface area contributed by atoms with E-state index in [4.69, 9.17) is 22.3 Å². The normalized spacial score (nSPS) is 18.5. The molecular formula is C33H38ClN9O3. The van der Waals surface area contributed by atoms with Crippen LogP contribution < -0.4 is 25.8 Å². The van der Waals surface area contributed by atoms with E-state index in [-0.39, 0.29) is 24.4 Å². The summed E-state index contributed by atoms with van der Waals surface area (Å²) in [6.45, 7) is 2.95. The summed E-state index contributed by atoms with van der Waals surface area (Å²) in [5.41, 5.74) is 10.7. The van der Waals surface area contributed by atoms with Crippen LogP contribution >= 0.6 is 11.6 Å². The number of anilines is 5. The molecule has 1 fully saturated rings. The zero-order valence-electron chi connectivity index (χ0n) is 26.4. The number of carbonyl (C=O) groups excluding carboxylic acids is 3. The number of halogens is 1. The van der Waals surface area contributed by atoms with Crippen LogP contribution in [0.4, 0.5) is 28.8 Å². The van der Waals surface area contributed by atoms with Gasteiger partial charge in [0.25, 0.3) is 0 Å². The average Bonchev–Trinajstić information content (AvgIpc) is 3.51. The van der Waals surface area contributed by atoms with E-state index in [0.717, 1.165) is 59.2 Å². The molecule has 2 aliphatic rings. The zero-order valence-corrected chi connectivity index (χ0v) is 27.2. The van der Waals surface area contributed by atoms with E-state index in [1.54, 1.807) is 22.8 Å². The molecule has 0 spiro atoms. The number of rotatable bonds is 10. The Morgan fingerprint density at radius 1 is 1.24 bits per heavy atom. The van der Waals surface area contributed by atoms with Crippen LogP contribution in [0, 0.1) is 0 Å². The molecule has 0 bridgehead atoms. The zero-order chi connectivity index (χ0) is 32.7. The van der Waals surface area contributed by atoms with Gasteiger partial charge in [-0.3, -0.25) is 14.3 Å². The number of primary amides is 1. The molecule has 4 heterocycles. The number of carbonyl (C=O) groups is 3. The van der Waals surface area contributed by atoms with Gasteiger partial charge in [0.1, 0.15) is 11.3 Å². The number of piperidine rings is 1. The molecule has 0 saturated carbocycles. The average molecular weight is 644 g/mol. The molecule has 2 aromatic carbocycles. The van der Waals surface area contributed by atoms with E-state index in [2.05, 4.69) is 51.3 Å². The maximum atomic E-state index is 12.1. The van der Waals surface area contributed by atoms with E-state index in [1.807, 2.05) is 31.3 Å². The minimum atomic E-state index is -0.489. The second-order valence-electron chi connectivity index (χ2n) is 12.3. The Labute approximate surface area is 272 Å². The Balaban J connectivity index is 1.15. The topological polar surface area (TPSA) is 143 Å².